The fourth-order valence-corrected chi connectivity index (χ4v) is 2.33. The summed E-state index contributed by atoms with van der Waals surface area (Å²) in [5, 5.41) is 0. The Morgan fingerprint density at radius 2 is 1.79 bits per heavy atom. The first-order valence-electron chi connectivity index (χ1n) is 6.79. The molecule has 0 unspecified atom stereocenters. The van der Waals surface area contributed by atoms with Gasteiger partial charge < -0.3 is 14.2 Å². The smallest absolute Gasteiger partial charge is 0.310 e. The molecule has 0 amide bonds. The first kappa shape index (κ1) is 16.2. The zero-order valence-corrected chi connectivity index (χ0v) is 12.7. The van der Waals surface area contributed by atoms with E-state index in [0.717, 1.165) is 0 Å². The van der Waals surface area contributed by atoms with Crippen LogP contribution < -0.4 is 0 Å². The van der Waals surface area contributed by atoms with Crippen LogP contribution in [-0.2, 0) is 19.0 Å². The fourth-order valence-electron chi connectivity index (χ4n) is 2.33. The molecular formula is C15H26O4. The molecule has 1 aliphatic rings. The molecule has 1 rings (SSSR count). The van der Waals surface area contributed by atoms with E-state index in [4.69, 9.17) is 14.2 Å². The van der Waals surface area contributed by atoms with Crippen molar-refractivity contribution >= 4 is 5.97 Å². The summed E-state index contributed by atoms with van der Waals surface area (Å²) in [5.41, 5.74) is 1.27. The number of hydrogen-bond acceptors (Lipinski definition) is 4. The molecule has 19 heavy (non-hydrogen) atoms. The maximum Gasteiger partial charge on any atom is 0.310 e. The summed E-state index contributed by atoms with van der Waals surface area (Å²) in [7, 11) is 1.63. The predicted molar refractivity (Wildman–Crippen MR) is 73.8 cm³/mol. The van der Waals surface area contributed by atoms with Gasteiger partial charge in [0.25, 0.3) is 0 Å². The maximum atomic E-state index is 12.0. The van der Waals surface area contributed by atoms with E-state index >= 15 is 0 Å². The monoisotopic (exact) mass is 270 g/mol. The van der Waals surface area contributed by atoms with Gasteiger partial charge in [0.2, 0.25) is 0 Å². The number of esters is 1. The van der Waals surface area contributed by atoms with Crippen LogP contribution in [0.25, 0.3) is 0 Å². The quantitative estimate of drug-likeness (QED) is 0.386. The summed E-state index contributed by atoms with van der Waals surface area (Å²) in [6, 6.07) is 0. The van der Waals surface area contributed by atoms with Crippen molar-refractivity contribution in [3.05, 3.63) is 11.6 Å². The average Bonchev–Trinajstić information content (AvgIpc) is 2.84. The summed E-state index contributed by atoms with van der Waals surface area (Å²) in [6.45, 7) is 10.2. The van der Waals surface area contributed by atoms with Gasteiger partial charge in [0.15, 0.2) is 0 Å². The van der Waals surface area contributed by atoms with Gasteiger partial charge in [-0.2, -0.15) is 0 Å². The lowest BCUT2D eigenvalue weighted by Gasteiger charge is -2.06. The third kappa shape index (κ3) is 4.62. The Bertz CT molecular complexity index is 329. The Morgan fingerprint density at radius 1 is 1.16 bits per heavy atom. The number of carbonyl (C=O) groups is 1. The van der Waals surface area contributed by atoms with Gasteiger partial charge in [-0.15, -0.1) is 0 Å². The van der Waals surface area contributed by atoms with Crippen LogP contribution in [0.5, 0.6) is 0 Å². The van der Waals surface area contributed by atoms with E-state index in [1.807, 2.05) is 0 Å². The molecule has 2 atom stereocenters. The zero-order chi connectivity index (χ0) is 14.5. The molecular weight excluding hydrogens is 244 g/mol. The summed E-state index contributed by atoms with van der Waals surface area (Å²) in [4.78, 5) is 12.0. The molecule has 1 saturated carbocycles. The van der Waals surface area contributed by atoms with Gasteiger partial charge in [-0.05, 0) is 25.2 Å². The van der Waals surface area contributed by atoms with Crippen LogP contribution in [0.4, 0.5) is 0 Å². The zero-order valence-electron chi connectivity index (χ0n) is 12.7. The first-order chi connectivity index (χ1) is 8.91. The largest absolute Gasteiger partial charge is 0.463 e. The fraction of sp³-hybridized carbons (Fsp3) is 0.800. The number of methoxy groups -OCH3 is 1. The third-order valence-corrected chi connectivity index (χ3v) is 3.58. The molecule has 110 valence electrons. The minimum atomic E-state index is -0.108. The van der Waals surface area contributed by atoms with Crippen molar-refractivity contribution in [1.82, 2.24) is 0 Å². The standard InChI is InChI=1S/C15H26O4/c1-11(2)10-12-13(15(12,3)4)14(16)19-9-8-18-7-6-17-5/h10,12-13H,6-9H2,1-5H3/t12-,13+/m1/s1. The average molecular weight is 270 g/mol. The Balaban J connectivity index is 2.26. The lowest BCUT2D eigenvalue weighted by Crippen LogP contribution is -2.15. The molecule has 0 aromatic rings. The highest BCUT2D eigenvalue weighted by molar-refractivity contribution is 5.78. The van der Waals surface area contributed by atoms with Gasteiger partial charge in [-0.3, -0.25) is 4.79 Å². The molecule has 0 saturated heterocycles. The Morgan fingerprint density at radius 3 is 2.37 bits per heavy atom. The first-order valence-corrected chi connectivity index (χ1v) is 6.79. The van der Waals surface area contributed by atoms with Crippen molar-refractivity contribution in [1.29, 1.82) is 0 Å². The van der Waals surface area contributed by atoms with Gasteiger partial charge >= 0.3 is 5.97 Å². The highest BCUT2D eigenvalue weighted by atomic mass is 16.6. The Labute approximate surface area is 116 Å². The van der Waals surface area contributed by atoms with Crippen molar-refractivity contribution in [3.63, 3.8) is 0 Å². The van der Waals surface area contributed by atoms with Crippen molar-refractivity contribution in [2.75, 3.05) is 33.5 Å². The van der Waals surface area contributed by atoms with E-state index in [1.165, 1.54) is 5.57 Å². The van der Waals surface area contributed by atoms with Crippen LogP contribution in [0.2, 0.25) is 0 Å². The summed E-state index contributed by atoms with van der Waals surface area (Å²) < 4.78 is 15.4. The third-order valence-electron chi connectivity index (χ3n) is 3.58. The minimum absolute atomic E-state index is 0.0126. The molecule has 0 heterocycles. The SMILES string of the molecule is COCCOCCOC(=O)[C@@H]1[C@@H](C=C(C)C)C1(C)C. The number of allylic oxidation sites excluding steroid dienone is 2. The number of hydrogen-bond donors (Lipinski definition) is 0. The molecule has 0 aromatic heterocycles. The number of rotatable bonds is 8. The molecule has 0 bridgehead atoms. The lowest BCUT2D eigenvalue weighted by molar-refractivity contribution is -0.147. The highest BCUT2D eigenvalue weighted by Gasteiger charge is 2.61. The molecule has 0 radical (unpaired) electrons. The van der Waals surface area contributed by atoms with Crippen LogP contribution in [0, 0.1) is 17.3 Å². The molecule has 1 aliphatic carbocycles. The summed E-state index contributed by atoms with van der Waals surface area (Å²) >= 11 is 0. The van der Waals surface area contributed by atoms with Crippen molar-refractivity contribution in [3.8, 4) is 0 Å². The molecule has 4 heteroatoms. The molecule has 4 nitrogen and oxygen atoms in total. The summed E-state index contributed by atoms with van der Waals surface area (Å²) in [6.07, 6.45) is 2.17. The van der Waals surface area contributed by atoms with Crippen molar-refractivity contribution < 1.29 is 19.0 Å². The second kappa shape index (κ2) is 7.06. The number of ether oxygens (including phenoxy) is 3. The molecule has 0 N–H and O–H groups in total. The molecule has 0 aromatic carbocycles. The van der Waals surface area contributed by atoms with Crippen LogP contribution in [0.15, 0.2) is 11.6 Å². The van der Waals surface area contributed by atoms with Gasteiger partial charge in [0.1, 0.15) is 6.61 Å². The maximum absolute atomic E-state index is 12.0. The van der Waals surface area contributed by atoms with Crippen LogP contribution in [0.1, 0.15) is 27.7 Å². The Hall–Kier alpha value is -0.870. The van der Waals surface area contributed by atoms with Gasteiger partial charge in [-0.25, -0.2) is 0 Å². The number of carbonyl (C=O) groups excluding carboxylic acids is 1. The normalized spacial score (nSPS) is 23.8. The van der Waals surface area contributed by atoms with E-state index in [9.17, 15) is 4.79 Å². The van der Waals surface area contributed by atoms with Crippen molar-refractivity contribution in [2.45, 2.75) is 27.7 Å². The lowest BCUT2D eigenvalue weighted by atomic mass is 10.1. The highest BCUT2D eigenvalue weighted by Crippen LogP contribution is 2.59. The second-order valence-corrected chi connectivity index (χ2v) is 5.84. The van der Waals surface area contributed by atoms with E-state index in [0.29, 0.717) is 32.3 Å². The van der Waals surface area contributed by atoms with E-state index in [1.54, 1.807) is 7.11 Å². The minimum Gasteiger partial charge on any atom is -0.463 e. The van der Waals surface area contributed by atoms with Crippen LogP contribution in [-0.4, -0.2) is 39.5 Å². The van der Waals surface area contributed by atoms with Gasteiger partial charge in [0, 0.05) is 7.11 Å². The molecule has 1 fully saturated rings. The topological polar surface area (TPSA) is 44.8 Å². The molecule has 0 spiro atoms. The van der Waals surface area contributed by atoms with Gasteiger partial charge in [0.05, 0.1) is 25.7 Å². The second-order valence-electron chi connectivity index (χ2n) is 5.84. The summed E-state index contributed by atoms with van der Waals surface area (Å²) in [5.74, 6) is 0.184. The van der Waals surface area contributed by atoms with Gasteiger partial charge in [-0.1, -0.05) is 25.5 Å². The van der Waals surface area contributed by atoms with Crippen LogP contribution >= 0.6 is 0 Å². The Kier molecular flexibility index (Phi) is 6.01. The predicted octanol–water partition coefficient (Wildman–Crippen LogP) is 2.43. The van der Waals surface area contributed by atoms with E-state index < -0.39 is 0 Å². The molecule has 0 aliphatic heterocycles. The van der Waals surface area contributed by atoms with Crippen molar-refractivity contribution in [2.24, 2.45) is 17.3 Å². The van der Waals surface area contributed by atoms with Crippen LogP contribution in [0.3, 0.4) is 0 Å². The van der Waals surface area contributed by atoms with E-state index in [-0.39, 0.29) is 17.3 Å². The van der Waals surface area contributed by atoms with E-state index in [2.05, 4.69) is 33.8 Å².